The molecule has 0 spiro atoms. The van der Waals surface area contributed by atoms with Gasteiger partial charge in [0.1, 0.15) is 17.5 Å². The van der Waals surface area contributed by atoms with E-state index in [0.29, 0.717) is 36.1 Å². The quantitative estimate of drug-likeness (QED) is 0.713. The fourth-order valence-corrected chi connectivity index (χ4v) is 3.48. The third kappa shape index (κ3) is 5.52. The number of nitrogens with one attached hydrogen (secondary N) is 1. The lowest BCUT2D eigenvalue weighted by molar-refractivity contribution is -0.135. The summed E-state index contributed by atoms with van der Waals surface area (Å²) in [5.41, 5.74) is 6.16. The van der Waals surface area contributed by atoms with E-state index in [0.717, 1.165) is 6.42 Å². The van der Waals surface area contributed by atoms with Gasteiger partial charge in [-0.05, 0) is 43.9 Å². The molecule has 1 aliphatic heterocycles. The first kappa shape index (κ1) is 24.0. The maximum Gasteiger partial charge on any atom is 0.252 e. The van der Waals surface area contributed by atoms with Gasteiger partial charge in [0.15, 0.2) is 0 Å². The largest absolute Gasteiger partial charge is 0.497 e. The molecule has 3 atom stereocenters. The molecule has 1 heterocycles. The van der Waals surface area contributed by atoms with E-state index in [2.05, 4.69) is 5.32 Å². The molecular formula is C20H32ClN3O4. The Bertz CT molecular complexity index is 661. The van der Waals surface area contributed by atoms with Crippen LogP contribution in [-0.2, 0) is 4.79 Å². The number of halogens is 1. The average molecular weight is 414 g/mol. The van der Waals surface area contributed by atoms with Crippen molar-refractivity contribution in [3.05, 3.63) is 23.8 Å². The van der Waals surface area contributed by atoms with Gasteiger partial charge in [0.25, 0.3) is 5.91 Å². The van der Waals surface area contributed by atoms with Crippen LogP contribution in [0.15, 0.2) is 18.2 Å². The number of hydrogen-bond donors (Lipinski definition) is 2. The molecular weight excluding hydrogens is 382 g/mol. The molecule has 0 saturated carbocycles. The highest BCUT2D eigenvalue weighted by atomic mass is 35.5. The van der Waals surface area contributed by atoms with E-state index in [4.69, 9.17) is 15.2 Å². The lowest BCUT2D eigenvalue weighted by atomic mass is 10.0. The smallest absolute Gasteiger partial charge is 0.252 e. The van der Waals surface area contributed by atoms with Crippen molar-refractivity contribution >= 4 is 24.2 Å². The first-order valence-corrected chi connectivity index (χ1v) is 9.35. The monoisotopic (exact) mass is 413 g/mol. The molecule has 2 rings (SSSR count). The van der Waals surface area contributed by atoms with Gasteiger partial charge < -0.3 is 25.4 Å². The Morgan fingerprint density at radius 2 is 1.79 bits per heavy atom. The zero-order valence-electron chi connectivity index (χ0n) is 17.2. The van der Waals surface area contributed by atoms with Crippen LogP contribution in [0.2, 0.25) is 0 Å². The number of ether oxygens (including phenoxy) is 2. The second kappa shape index (κ2) is 10.5. The van der Waals surface area contributed by atoms with E-state index in [-0.39, 0.29) is 36.2 Å². The summed E-state index contributed by atoms with van der Waals surface area (Å²) in [5, 5.41) is 2.89. The summed E-state index contributed by atoms with van der Waals surface area (Å²) in [6, 6.07) is 4.47. The van der Waals surface area contributed by atoms with Gasteiger partial charge in [0.2, 0.25) is 5.91 Å². The zero-order valence-corrected chi connectivity index (χ0v) is 18.0. The van der Waals surface area contributed by atoms with Gasteiger partial charge in [-0.3, -0.25) is 9.59 Å². The van der Waals surface area contributed by atoms with Crippen LogP contribution in [0, 0.1) is 11.8 Å². The number of carbonyl (C=O) groups is 2. The number of likely N-dealkylation sites (tertiary alicyclic amines) is 1. The SMILES string of the molecule is COc1cc(OC)cc(C(=O)NC(C(=O)N2CC(CN)CC2C)C(C)C)c1.Cl. The third-order valence-corrected chi connectivity index (χ3v) is 5.11. The van der Waals surface area contributed by atoms with Crippen molar-refractivity contribution in [3.63, 3.8) is 0 Å². The average Bonchev–Trinajstić information content (AvgIpc) is 3.05. The number of nitrogens with two attached hydrogens (primary N) is 1. The van der Waals surface area contributed by atoms with Crippen LogP contribution < -0.4 is 20.5 Å². The first-order valence-electron chi connectivity index (χ1n) is 9.35. The van der Waals surface area contributed by atoms with Gasteiger partial charge in [-0.2, -0.15) is 0 Å². The summed E-state index contributed by atoms with van der Waals surface area (Å²) in [7, 11) is 3.05. The zero-order chi connectivity index (χ0) is 20.1. The first-order chi connectivity index (χ1) is 12.8. The summed E-state index contributed by atoms with van der Waals surface area (Å²) in [5.74, 6) is 0.920. The molecule has 3 N–H and O–H groups in total. The second-order valence-electron chi connectivity index (χ2n) is 7.47. The van der Waals surface area contributed by atoms with Crippen molar-refractivity contribution in [1.29, 1.82) is 0 Å². The maximum atomic E-state index is 13.1. The minimum absolute atomic E-state index is 0. The minimum Gasteiger partial charge on any atom is -0.497 e. The molecule has 2 amide bonds. The molecule has 1 aliphatic rings. The van der Waals surface area contributed by atoms with E-state index in [1.807, 2.05) is 25.7 Å². The lowest BCUT2D eigenvalue weighted by Gasteiger charge is -2.29. The Kier molecular flexibility index (Phi) is 9.04. The summed E-state index contributed by atoms with van der Waals surface area (Å²) in [6.07, 6.45) is 0.897. The summed E-state index contributed by atoms with van der Waals surface area (Å²) < 4.78 is 10.4. The van der Waals surface area contributed by atoms with Crippen molar-refractivity contribution in [1.82, 2.24) is 10.2 Å². The number of hydrogen-bond acceptors (Lipinski definition) is 5. The predicted molar refractivity (Wildman–Crippen MR) is 111 cm³/mol. The van der Waals surface area contributed by atoms with Crippen LogP contribution in [0.5, 0.6) is 11.5 Å². The van der Waals surface area contributed by atoms with Crippen LogP contribution in [0.4, 0.5) is 0 Å². The molecule has 1 aromatic rings. The molecule has 8 heteroatoms. The van der Waals surface area contributed by atoms with E-state index in [1.54, 1.807) is 18.2 Å². The Morgan fingerprint density at radius 1 is 1.21 bits per heavy atom. The molecule has 3 unspecified atom stereocenters. The van der Waals surface area contributed by atoms with Crippen molar-refractivity contribution in [3.8, 4) is 11.5 Å². The maximum absolute atomic E-state index is 13.1. The molecule has 1 fully saturated rings. The summed E-state index contributed by atoms with van der Waals surface area (Å²) >= 11 is 0. The standard InChI is InChI=1S/C20H31N3O4.ClH/c1-12(2)18(20(25)23-11-14(10-21)6-13(23)3)22-19(24)15-7-16(26-4)9-17(8-15)27-5;/h7-9,12-14,18H,6,10-11,21H2,1-5H3,(H,22,24);1H. The number of nitrogens with zero attached hydrogens (tertiary/aromatic N) is 1. The molecule has 0 bridgehead atoms. The van der Waals surface area contributed by atoms with Crippen molar-refractivity contribution < 1.29 is 19.1 Å². The Morgan fingerprint density at radius 3 is 2.21 bits per heavy atom. The van der Waals surface area contributed by atoms with Gasteiger partial charge in [-0.15, -0.1) is 12.4 Å². The fraction of sp³-hybridized carbons (Fsp3) is 0.600. The highest BCUT2D eigenvalue weighted by molar-refractivity contribution is 5.98. The normalized spacial score (nSPS) is 19.8. The van der Waals surface area contributed by atoms with Gasteiger partial charge in [-0.25, -0.2) is 0 Å². The molecule has 28 heavy (non-hydrogen) atoms. The molecule has 0 aliphatic carbocycles. The predicted octanol–water partition coefficient (Wildman–Crippen LogP) is 2.08. The highest BCUT2D eigenvalue weighted by Crippen LogP contribution is 2.25. The minimum atomic E-state index is -0.603. The lowest BCUT2D eigenvalue weighted by Crippen LogP contribution is -2.52. The Labute approximate surface area is 173 Å². The molecule has 0 radical (unpaired) electrons. The Balaban J connectivity index is 0.00000392. The highest BCUT2D eigenvalue weighted by Gasteiger charge is 2.36. The van der Waals surface area contributed by atoms with Gasteiger partial charge >= 0.3 is 0 Å². The number of benzene rings is 1. The van der Waals surface area contributed by atoms with Gasteiger partial charge in [-0.1, -0.05) is 13.8 Å². The molecule has 0 aromatic heterocycles. The number of carbonyl (C=O) groups excluding carboxylic acids is 2. The molecule has 7 nitrogen and oxygen atoms in total. The topological polar surface area (TPSA) is 93.9 Å². The van der Waals surface area contributed by atoms with Crippen LogP contribution in [-0.4, -0.2) is 56.1 Å². The van der Waals surface area contributed by atoms with E-state index in [1.165, 1.54) is 14.2 Å². The molecule has 158 valence electrons. The van der Waals surface area contributed by atoms with Gasteiger partial charge in [0, 0.05) is 24.2 Å². The number of methoxy groups -OCH3 is 2. The van der Waals surface area contributed by atoms with Crippen molar-refractivity contribution in [2.75, 3.05) is 27.3 Å². The van der Waals surface area contributed by atoms with Crippen molar-refractivity contribution in [2.24, 2.45) is 17.6 Å². The molecule has 1 aromatic carbocycles. The van der Waals surface area contributed by atoms with Crippen LogP contribution >= 0.6 is 12.4 Å². The fourth-order valence-electron chi connectivity index (χ4n) is 3.48. The third-order valence-electron chi connectivity index (χ3n) is 5.11. The van der Waals surface area contributed by atoms with Crippen LogP contribution in [0.3, 0.4) is 0 Å². The second-order valence-corrected chi connectivity index (χ2v) is 7.47. The van der Waals surface area contributed by atoms with Crippen LogP contribution in [0.25, 0.3) is 0 Å². The van der Waals surface area contributed by atoms with Gasteiger partial charge in [0.05, 0.1) is 14.2 Å². The number of amides is 2. The summed E-state index contributed by atoms with van der Waals surface area (Å²) in [4.78, 5) is 27.7. The van der Waals surface area contributed by atoms with E-state index in [9.17, 15) is 9.59 Å². The Hall–Kier alpha value is -1.99. The summed E-state index contributed by atoms with van der Waals surface area (Å²) in [6.45, 7) is 7.09. The van der Waals surface area contributed by atoms with E-state index < -0.39 is 6.04 Å². The van der Waals surface area contributed by atoms with Crippen molar-refractivity contribution in [2.45, 2.75) is 39.3 Å². The number of rotatable bonds is 7. The molecule has 1 saturated heterocycles. The van der Waals surface area contributed by atoms with E-state index >= 15 is 0 Å². The van der Waals surface area contributed by atoms with Crippen LogP contribution in [0.1, 0.15) is 37.6 Å².